The second kappa shape index (κ2) is 19.0. The number of fused-ring (bicyclic) bond motifs is 1. The predicted octanol–water partition coefficient (Wildman–Crippen LogP) is 16.3. The van der Waals surface area contributed by atoms with Crippen molar-refractivity contribution in [3.8, 4) is 72.4 Å². The van der Waals surface area contributed by atoms with Gasteiger partial charge in [-0.1, -0.05) is 279 Å². The van der Waals surface area contributed by atoms with E-state index in [1.54, 1.807) is 0 Å². The number of aromatic nitrogens is 1. The third-order valence-corrected chi connectivity index (χ3v) is 17.7. The molecular weight excluding hydrogens is 972 g/mol. The molecule has 12 aromatic rings. The van der Waals surface area contributed by atoms with E-state index in [0.29, 0.717) is 0 Å². The topological polar surface area (TPSA) is 4.93 Å². The lowest BCUT2D eigenvalue weighted by Crippen LogP contribution is -2.64. The van der Waals surface area contributed by atoms with E-state index in [0.717, 1.165) is 0 Å². The quantitative estimate of drug-likeness (QED) is 0.134. The van der Waals surface area contributed by atoms with Gasteiger partial charge in [0.2, 0.25) is 13.4 Å². The Kier molecular flexibility index (Phi) is 11.9. The van der Waals surface area contributed by atoms with E-state index < -0.39 is 0 Å². The summed E-state index contributed by atoms with van der Waals surface area (Å²) in [5.41, 5.74) is 30.3. The molecule has 14 rings (SSSR count). The first kappa shape index (κ1) is 50.6. The van der Waals surface area contributed by atoms with Gasteiger partial charge in [0.05, 0.1) is 0 Å². The summed E-state index contributed by atoms with van der Waals surface area (Å²) in [6.07, 6.45) is 0. The molecule has 0 amide bonds. The van der Waals surface area contributed by atoms with Crippen LogP contribution < -0.4 is 32.8 Å². The van der Waals surface area contributed by atoms with Crippen LogP contribution in [0, 0.1) is 0 Å². The highest BCUT2D eigenvalue weighted by Crippen LogP contribution is 2.43. The minimum atomic E-state index is -0.202. The molecule has 2 aliphatic heterocycles. The molecule has 1 nitrogen and oxygen atoms in total. The lowest BCUT2D eigenvalue weighted by atomic mass is 9.29. The molecule has 2 aliphatic rings. The van der Waals surface area contributed by atoms with Gasteiger partial charge < -0.3 is 4.57 Å². The summed E-state index contributed by atoms with van der Waals surface area (Å²) < 4.78 is 2.77. The van der Waals surface area contributed by atoms with E-state index in [-0.39, 0.29) is 29.7 Å². The van der Waals surface area contributed by atoms with E-state index in [9.17, 15) is 0 Å². The maximum Gasteiger partial charge on any atom is 0.248 e. The Balaban J connectivity index is 1.22. The number of rotatable bonds is 8. The second-order valence-corrected chi connectivity index (χ2v) is 26.0. The van der Waals surface area contributed by atoms with Crippen molar-refractivity contribution in [2.75, 3.05) is 0 Å². The van der Waals surface area contributed by atoms with Gasteiger partial charge in [-0.3, -0.25) is 0 Å². The van der Waals surface area contributed by atoms with Gasteiger partial charge in [0.25, 0.3) is 0 Å². The Morgan fingerprint density at radius 3 is 0.778 bits per heavy atom. The van der Waals surface area contributed by atoms with Crippen molar-refractivity contribution in [1.29, 1.82) is 0 Å². The van der Waals surface area contributed by atoms with Crippen molar-refractivity contribution >= 4 is 68.0 Å². The first-order chi connectivity index (χ1) is 39.1. The molecule has 0 saturated carbocycles. The van der Waals surface area contributed by atoms with E-state index in [1.807, 2.05) is 0 Å². The fourth-order valence-electron chi connectivity index (χ4n) is 13.6. The van der Waals surface area contributed by atoms with Crippen LogP contribution in [0.25, 0.3) is 94.3 Å². The largest absolute Gasteiger partial charge is 0.311 e. The Bertz CT molecular complexity index is 4010. The zero-order valence-electron chi connectivity index (χ0n) is 48.2. The van der Waals surface area contributed by atoms with Crippen molar-refractivity contribution < 1.29 is 0 Å². The minimum absolute atomic E-state index is 0.146. The first-order valence-corrected chi connectivity index (χ1v) is 29.1. The van der Waals surface area contributed by atoms with Crippen molar-refractivity contribution in [3.05, 3.63) is 259 Å². The molecule has 0 fully saturated rings. The van der Waals surface area contributed by atoms with Crippen LogP contribution in [0.3, 0.4) is 0 Å². The Labute approximate surface area is 480 Å². The molecule has 0 atom stereocenters. The maximum atomic E-state index is 2.77. The van der Waals surface area contributed by atoms with Gasteiger partial charge in [-0.05, 0) is 158 Å². The van der Waals surface area contributed by atoms with Crippen LogP contribution >= 0.6 is 0 Å². The van der Waals surface area contributed by atoms with Gasteiger partial charge in [-0.2, -0.15) is 0 Å². The third-order valence-electron chi connectivity index (χ3n) is 17.7. The van der Waals surface area contributed by atoms with Gasteiger partial charge >= 0.3 is 0 Å². The van der Waals surface area contributed by atoms with Gasteiger partial charge in [0.1, 0.15) is 0 Å². The smallest absolute Gasteiger partial charge is 0.248 e. The highest BCUT2D eigenvalue weighted by Gasteiger charge is 2.46. The van der Waals surface area contributed by atoms with Crippen molar-refractivity contribution in [2.45, 2.75) is 78.6 Å². The van der Waals surface area contributed by atoms with E-state index in [4.69, 9.17) is 0 Å². The standard InChI is InChI=1S/C78H67B2N/c1-76(2,3)58-44-65-66-45-59(77(4,5)6)47-68-74(66)81-73(65)67(46-58)79(71-61(52-32-20-12-21-33-52)40-56(50-28-16-10-17-29-50)41-62(71)53-34-22-13-23-35-53)69-48-60(78(7,8)9)49-70(75(69)81)80(68)72-63(54-36-24-14-25-37-54)42-57(51-30-18-11-19-31-51)43-64(72)55-38-26-15-27-39-55/h10-49H,1-9H3. The van der Waals surface area contributed by atoms with Crippen LogP contribution in [0.4, 0.5) is 0 Å². The fourth-order valence-corrected chi connectivity index (χ4v) is 13.6. The lowest BCUT2D eigenvalue weighted by molar-refractivity contribution is 0.591. The van der Waals surface area contributed by atoms with Crippen molar-refractivity contribution in [2.24, 2.45) is 0 Å². The molecule has 0 radical (unpaired) electrons. The molecule has 0 aliphatic carbocycles. The highest BCUT2D eigenvalue weighted by molar-refractivity contribution is 7.03. The summed E-state index contributed by atoms with van der Waals surface area (Å²) in [7, 11) is 0. The van der Waals surface area contributed by atoms with E-state index in [1.165, 1.54) is 144 Å². The summed E-state index contributed by atoms with van der Waals surface area (Å²) in [6, 6.07) is 92.7. The molecule has 1 aromatic heterocycles. The zero-order chi connectivity index (χ0) is 55.5. The SMILES string of the molecule is CC(C)(C)c1cc2c3c(c1)B(c1c(-c4ccccc4)cc(-c4ccccc4)cc1-c1ccccc1)c1cc(C(C)(C)C)cc4c5cc(C(C)(C)C)cc(c5n-3c14)B2c1c(-c2ccccc2)cc(-c2ccccc2)cc1-c1ccccc1. The number of hydrogen-bond donors (Lipinski definition) is 0. The Morgan fingerprint density at radius 2 is 0.506 bits per heavy atom. The molecule has 11 aromatic carbocycles. The zero-order valence-corrected chi connectivity index (χ0v) is 48.2. The molecule has 0 saturated heterocycles. The monoisotopic (exact) mass is 1040 g/mol. The first-order valence-electron chi connectivity index (χ1n) is 29.1. The minimum Gasteiger partial charge on any atom is -0.311 e. The van der Waals surface area contributed by atoms with E-state index in [2.05, 4.69) is 310 Å². The fraction of sp³-hybridized carbons (Fsp3) is 0.154. The third kappa shape index (κ3) is 8.46. The molecule has 0 bridgehead atoms. The average Bonchev–Trinajstić information content (AvgIpc) is 2.10. The van der Waals surface area contributed by atoms with Crippen LogP contribution in [-0.2, 0) is 16.2 Å². The molecule has 390 valence electrons. The second-order valence-electron chi connectivity index (χ2n) is 26.0. The number of nitrogens with zero attached hydrogens (tertiary/aromatic N) is 1. The molecule has 0 N–H and O–H groups in total. The van der Waals surface area contributed by atoms with Crippen molar-refractivity contribution in [1.82, 2.24) is 4.57 Å². The number of benzene rings is 11. The van der Waals surface area contributed by atoms with Gasteiger partial charge in [0.15, 0.2) is 0 Å². The Morgan fingerprint density at radius 1 is 0.259 bits per heavy atom. The van der Waals surface area contributed by atoms with Crippen LogP contribution in [0.2, 0.25) is 0 Å². The highest BCUT2D eigenvalue weighted by atomic mass is 15.0. The van der Waals surface area contributed by atoms with Crippen LogP contribution in [0.5, 0.6) is 0 Å². The van der Waals surface area contributed by atoms with Crippen molar-refractivity contribution in [3.63, 3.8) is 0 Å². The summed E-state index contributed by atoms with van der Waals surface area (Å²) in [5, 5.41) is 2.66. The van der Waals surface area contributed by atoms with Crippen LogP contribution in [0.15, 0.2) is 243 Å². The average molecular weight is 1040 g/mol. The normalized spacial score (nSPS) is 13.0. The molecule has 0 unspecified atom stereocenters. The summed E-state index contributed by atoms with van der Waals surface area (Å²) in [6.45, 7) is 21.3. The molecule has 3 heteroatoms. The molecular formula is C78H67B2N. The molecule has 81 heavy (non-hydrogen) atoms. The number of hydrogen-bond acceptors (Lipinski definition) is 0. The molecule has 0 spiro atoms. The lowest BCUT2D eigenvalue weighted by Gasteiger charge is -2.39. The summed E-state index contributed by atoms with van der Waals surface area (Å²) in [5.74, 6) is 0. The van der Waals surface area contributed by atoms with Gasteiger partial charge in [-0.15, -0.1) is 0 Å². The molecule has 3 heterocycles. The predicted molar refractivity (Wildman–Crippen MR) is 352 cm³/mol. The van der Waals surface area contributed by atoms with Crippen LogP contribution in [0.1, 0.15) is 79.0 Å². The van der Waals surface area contributed by atoms with Gasteiger partial charge in [-0.25, -0.2) is 0 Å². The van der Waals surface area contributed by atoms with Gasteiger partial charge in [0, 0.05) is 27.5 Å². The Hall–Kier alpha value is -8.65. The van der Waals surface area contributed by atoms with Crippen LogP contribution in [-0.4, -0.2) is 18.0 Å². The maximum absolute atomic E-state index is 2.77. The summed E-state index contributed by atoms with van der Waals surface area (Å²) >= 11 is 0. The van der Waals surface area contributed by atoms with E-state index >= 15 is 0 Å². The summed E-state index contributed by atoms with van der Waals surface area (Å²) in [4.78, 5) is 0.